The average Bonchev–Trinajstić information content (AvgIpc) is 2.88. The van der Waals surface area contributed by atoms with Gasteiger partial charge >= 0.3 is 5.97 Å². The van der Waals surface area contributed by atoms with E-state index >= 15 is 0 Å². The van der Waals surface area contributed by atoms with Crippen LogP contribution in [0.4, 0.5) is 0 Å². The topological polar surface area (TPSA) is 75.4 Å². The number of hydrogen-bond acceptors (Lipinski definition) is 3. The maximum Gasteiger partial charge on any atom is 0.354 e. The lowest BCUT2D eigenvalue weighted by Gasteiger charge is -2.31. The Morgan fingerprint density at radius 1 is 1.08 bits per heavy atom. The smallest absolute Gasteiger partial charge is 0.354 e. The van der Waals surface area contributed by atoms with Crippen molar-refractivity contribution in [3.63, 3.8) is 0 Å². The third kappa shape index (κ3) is 3.18. The molecule has 2 rings (SSSR count). The van der Waals surface area contributed by atoms with E-state index in [9.17, 15) is 14.7 Å². The van der Waals surface area contributed by atoms with Crippen molar-refractivity contribution in [2.24, 2.45) is 7.05 Å². The molecule has 2 aromatic rings. The SMILES string of the molecule is CC(C)N(C(=O)c1ccccc1-c1cnn(C)c1C(=O)O)C(C)C. The number of carbonyl (C=O) groups excluding carboxylic acids is 1. The second kappa shape index (κ2) is 6.86. The Morgan fingerprint density at radius 3 is 2.21 bits per heavy atom. The molecule has 0 aliphatic heterocycles. The molecule has 1 aromatic heterocycles. The molecule has 1 amide bonds. The highest BCUT2D eigenvalue weighted by molar-refractivity contribution is 6.04. The van der Waals surface area contributed by atoms with E-state index in [2.05, 4.69) is 5.10 Å². The summed E-state index contributed by atoms with van der Waals surface area (Å²) in [5.74, 6) is -1.19. The number of amides is 1. The molecule has 0 saturated carbocycles. The Bertz CT molecular complexity index is 755. The summed E-state index contributed by atoms with van der Waals surface area (Å²) in [6.45, 7) is 7.86. The van der Waals surface area contributed by atoms with Gasteiger partial charge in [-0.05, 0) is 39.3 Å². The molecule has 0 spiro atoms. The van der Waals surface area contributed by atoms with Crippen molar-refractivity contribution in [2.45, 2.75) is 39.8 Å². The van der Waals surface area contributed by atoms with E-state index in [1.165, 1.54) is 10.9 Å². The van der Waals surface area contributed by atoms with Crippen LogP contribution in [0, 0.1) is 0 Å². The summed E-state index contributed by atoms with van der Waals surface area (Å²) in [4.78, 5) is 26.4. The van der Waals surface area contributed by atoms with Crippen molar-refractivity contribution in [1.82, 2.24) is 14.7 Å². The summed E-state index contributed by atoms with van der Waals surface area (Å²) in [6.07, 6.45) is 1.49. The Balaban J connectivity index is 2.61. The predicted molar refractivity (Wildman–Crippen MR) is 92.0 cm³/mol. The fraction of sp³-hybridized carbons (Fsp3) is 0.389. The molecule has 0 aliphatic rings. The molecule has 6 nitrogen and oxygen atoms in total. The molecule has 0 aliphatic carbocycles. The van der Waals surface area contributed by atoms with Gasteiger partial charge in [0.2, 0.25) is 0 Å². The van der Waals surface area contributed by atoms with Gasteiger partial charge in [-0.15, -0.1) is 0 Å². The van der Waals surface area contributed by atoms with E-state index in [0.29, 0.717) is 16.7 Å². The van der Waals surface area contributed by atoms with Crippen molar-refractivity contribution in [1.29, 1.82) is 0 Å². The Kier molecular flexibility index (Phi) is 5.07. The van der Waals surface area contributed by atoms with E-state index < -0.39 is 5.97 Å². The van der Waals surface area contributed by atoms with Gasteiger partial charge in [-0.25, -0.2) is 4.79 Å². The van der Waals surface area contributed by atoms with Crippen molar-refractivity contribution in [2.75, 3.05) is 0 Å². The summed E-state index contributed by atoms with van der Waals surface area (Å²) < 4.78 is 1.31. The third-order valence-corrected chi connectivity index (χ3v) is 3.94. The van der Waals surface area contributed by atoms with Gasteiger partial charge in [0.05, 0.1) is 6.20 Å². The van der Waals surface area contributed by atoms with E-state index in [1.807, 2.05) is 27.7 Å². The van der Waals surface area contributed by atoms with Crippen LogP contribution < -0.4 is 0 Å². The van der Waals surface area contributed by atoms with Gasteiger partial charge in [-0.2, -0.15) is 5.10 Å². The lowest BCUT2D eigenvalue weighted by molar-refractivity contribution is 0.0641. The maximum absolute atomic E-state index is 13.1. The highest BCUT2D eigenvalue weighted by Crippen LogP contribution is 2.28. The monoisotopic (exact) mass is 329 g/mol. The predicted octanol–water partition coefficient (Wildman–Crippen LogP) is 3.04. The number of aromatic nitrogens is 2. The van der Waals surface area contributed by atoms with Crippen LogP contribution in [0.2, 0.25) is 0 Å². The van der Waals surface area contributed by atoms with E-state index in [0.717, 1.165) is 0 Å². The first-order valence-corrected chi connectivity index (χ1v) is 7.93. The van der Waals surface area contributed by atoms with E-state index in [-0.39, 0.29) is 23.7 Å². The first-order valence-electron chi connectivity index (χ1n) is 7.93. The molecular weight excluding hydrogens is 306 g/mol. The van der Waals surface area contributed by atoms with Gasteiger partial charge in [0, 0.05) is 30.3 Å². The second-order valence-electron chi connectivity index (χ2n) is 6.28. The first-order chi connectivity index (χ1) is 11.3. The Labute approximate surface area is 141 Å². The number of carboxylic acid groups (broad SMARTS) is 1. The quantitative estimate of drug-likeness (QED) is 0.915. The number of aryl methyl sites for hydroxylation is 1. The van der Waals surface area contributed by atoms with Crippen LogP contribution in [0.5, 0.6) is 0 Å². The molecule has 0 fully saturated rings. The number of nitrogens with zero attached hydrogens (tertiary/aromatic N) is 3. The molecule has 6 heteroatoms. The largest absolute Gasteiger partial charge is 0.477 e. The number of rotatable bonds is 5. The van der Waals surface area contributed by atoms with Crippen molar-refractivity contribution in [3.05, 3.63) is 41.7 Å². The first kappa shape index (κ1) is 17.7. The number of aromatic carboxylic acids is 1. The van der Waals surface area contributed by atoms with Crippen LogP contribution in [0.25, 0.3) is 11.1 Å². The summed E-state index contributed by atoms with van der Waals surface area (Å²) in [6, 6.07) is 7.15. The zero-order chi connectivity index (χ0) is 18.0. The Hall–Kier alpha value is -2.63. The van der Waals surface area contributed by atoms with Crippen molar-refractivity contribution in [3.8, 4) is 11.1 Å². The minimum Gasteiger partial charge on any atom is -0.477 e. The Morgan fingerprint density at radius 2 is 1.67 bits per heavy atom. The van der Waals surface area contributed by atoms with Crippen LogP contribution in [0.3, 0.4) is 0 Å². The lowest BCUT2D eigenvalue weighted by Crippen LogP contribution is -2.42. The normalized spacial score (nSPS) is 11.1. The van der Waals surface area contributed by atoms with Crippen LogP contribution in [0.15, 0.2) is 30.5 Å². The zero-order valence-electron chi connectivity index (χ0n) is 14.6. The number of carboxylic acids is 1. The summed E-state index contributed by atoms with van der Waals surface area (Å²) in [5.41, 5.74) is 1.58. The summed E-state index contributed by atoms with van der Waals surface area (Å²) in [5, 5.41) is 13.5. The van der Waals surface area contributed by atoms with Crippen LogP contribution in [0.1, 0.15) is 48.5 Å². The highest BCUT2D eigenvalue weighted by atomic mass is 16.4. The summed E-state index contributed by atoms with van der Waals surface area (Å²) in [7, 11) is 1.58. The zero-order valence-corrected chi connectivity index (χ0v) is 14.6. The number of hydrogen-bond donors (Lipinski definition) is 1. The molecule has 0 bridgehead atoms. The molecular formula is C18H23N3O3. The average molecular weight is 329 g/mol. The lowest BCUT2D eigenvalue weighted by atomic mass is 9.98. The number of carbonyl (C=O) groups is 2. The molecule has 24 heavy (non-hydrogen) atoms. The molecule has 1 heterocycles. The number of benzene rings is 1. The minimum atomic E-state index is -1.07. The fourth-order valence-corrected chi connectivity index (χ4v) is 3.00. The molecule has 0 unspecified atom stereocenters. The third-order valence-electron chi connectivity index (χ3n) is 3.94. The second-order valence-corrected chi connectivity index (χ2v) is 6.28. The van der Waals surface area contributed by atoms with Crippen molar-refractivity contribution >= 4 is 11.9 Å². The van der Waals surface area contributed by atoms with Crippen LogP contribution >= 0.6 is 0 Å². The molecule has 1 N–H and O–H groups in total. The minimum absolute atomic E-state index is 0.0402. The standard InChI is InChI=1S/C18H23N3O3/c1-11(2)21(12(3)4)17(22)14-9-7-6-8-13(14)15-10-19-20(5)16(15)18(23)24/h6-12H,1-5H3,(H,23,24). The van der Waals surface area contributed by atoms with Gasteiger partial charge in [0.1, 0.15) is 0 Å². The molecule has 128 valence electrons. The van der Waals surface area contributed by atoms with Crippen molar-refractivity contribution < 1.29 is 14.7 Å². The highest BCUT2D eigenvalue weighted by Gasteiger charge is 2.26. The van der Waals surface area contributed by atoms with Gasteiger partial charge in [0.15, 0.2) is 5.69 Å². The van der Waals surface area contributed by atoms with Crippen LogP contribution in [-0.2, 0) is 7.05 Å². The van der Waals surface area contributed by atoms with E-state index in [1.54, 1.807) is 36.2 Å². The van der Waals surface area contributed by atoms with Gasteiger partial charge in [0.25, 0.3) is 5.91 Å². The maximum atomic E-state index is 13.1. The van der Waals surface area contributed by atoms with Crippen LogP contribution in [-0.4, -0.2) is 43.7 Å². The van der Waals surface area contributed by atoms with Gasteiger partial charge in [-0.1, -0.05) is 18.2 Å². The molecule has 0 saturated heterocycles. The fourth-order valence-electron chi connectivity index (χ4n) is 3.00. The molecule has 0 atom stereocenters. The van der Waals surface area contributed by atoms with Gasteiger partial charge in [-0.3, -0.25) is 9.48 Å². The van der Waals surface area contributed by atoms with Gasteiger partial charge < -0.3 is 10.0 Å². The molecule has 1 aromatic carbocycles. The molecule has 0 radical (unpaired) electrons. The van der Waals surface area contributed by atoms with E-state index in [4.69, 9.17) is 0 Å². The summed E-state index contributed by atoms with van der Waals surface area (Å²) >= 11 is 0.